The molecule has 0 bridgehead atoms. The van der Waals surface area contributed by atoms with Gasteiger partial charge in [0.25, 0.3) is 0 Å². The van der Waals surface area contributed by atoms with E-state index < -0.39 is 0 Å². The molecule has 0 radical (unpaired) electrons. The second kappa shape index (κ2) is 4.30. The van der Waals surface area contributed by atoms with E-state index in [2.05, 4.69) is 42.6 Å². The summed E-state index contributed by atoms with van der Waals surface area (Å²) in [6.07, 6.45) is 1.07. The van der Waals surface area contributed by atoms with Gasteiger partial charge in [-0.25, -0.2) is 0 Å². The van der Waals surface area contributed by atoms with Gasteiger partial charge >= 0.3 is 6.98 Å². The maximum absolute atomic E-state index is 3.46. The molecule has 1 aliphatic heterocycles. The molecular weight excluding hydrogens is 148 g/mol. The third-order valence-electron chi connectivity index (χ3n) is 2.53. The molecule has 12 heavy (non-hydrogen) atoms. The molecule has 0 amide bonds. The number of nitrogens with one attached hydrogen (secondary N) is 1. The van der Waals surface area contributed by atoms with Crippen molar-refractivity contribution in [1.82, 2.24) is 14.8 Å². The minimum Gasteiger partial charge on any atom is -0.360 e. The van der Waals surface area contributed by atoms with Crippen molar-refractivity contribution < 1.29 is 0 Å². The van der Waals surface area contributed by atoms with E-state index in [4.69, 9.17) is 0 Å². The van der Waals surface area contributed by atoms with Crippen LogP contribution in [0.2, 0.25) is 13.6 Å². The molecule has 0 saturated carbocycles. The Balaban J connectivity index is 2.29. The average Bonchev–Trinajstić information content (AvgIpc) is 2.28. The van der Waals surface area contributed by atoms with E-state index in [0.29, 0.717) is 13.8 Å². The maximum Gasteiger partial charge on any atom is 0.323 e. The standard InChI is InChI=1S/C7H19B2N3/c1-8(2)10-7-9-11(3)5-6-12(9)4/h10H,5-7H2,1-4H3. The van der Waals surface area contributed by atoms with Crippen LogP contribution in [-0.2, 0) is 0 Å². The number of hydrogen-bond donors (Lipinski definition) is 1. The summed E-state index contributed by atoms with van der Waals surface area (Å²) in [6, 6.07) is 0. The fourth-order valence-corrected chi connectivity index (χ4v) is 1.60. The van der Waals surface area contributed by atoms with Crippen molar-refractivity contribution in [3.8, 4) is 0 Å². The zero-order valence-corrected chi connectivity index (χ0v) is 8.67. The van der Waals surface area contributed by atoms with Gasteiger partial charge in [-0.05, 0) is 20.5 Å². The second-order valence-corrected chi connectivity index (χ2v) is 4.00. The van der Waals surface area contributed by atoms with Crippen LogP contribution in [0.1, 0.15) is 0 Å². The molecule has 0 aromatic carbocycles. The molecule has 0 aromatic rings. The molecule has 68 valence electrons. The number of hydrogen-bond acceptors (Lipinski definition) is 3. The van der Waals surface area contributed by atoms with Crippen LogP contribution in [0, 0.1) is 0 Å². The Kier molecular flexibility index (Phi) is 3.62. The van der Waals surface area contributed by atoms with E-state index in [1.54, 1.807) is 0 Å². The van der Waals surface area contributed by atoms with E-state index in [1.165, 1.54) is 13.1 Å². The molecule has 3 nitrogen and oxygen atoms in total. The minimum absolute atomic E-state index is 0.590. The normalized spacial score (nSPS) is 20.5. The largest absolute Gasteiger partial charge is 0.360 e. The molecule has 0 unspecified atom stereocenters. The quantitative estimate of drug-likeness (QED) is 0.583. The van der Waals surface area contributed by atoms with Crippen LogP contribution in [0.3, 0.4) is 0 Å². The van der Waals surface area contributed by atoms with Crippen molar-refractivity contribution >= 4 is 13.8 Å². The second-order valence-electron chi connectivity index (χ2n) is 4.00. The molecule has 0 aliphatic carbocycles. The third kappa shape index (κ3) is 2.51. The van der Waals surface area contributed by atoms with Gasteiger partial charge in [-0.1, -0.05) is 13.6 Å². The first-order valence-electron chi connectivity index (χ1n) is 4.75. The van der Waals surface area contributed by atoms with Crippen LogP contribution >= 0.6 is 0 Å². The zero-order chi connectivity index (χ0) is 9.14. The van der Waals surface area contributed by atoms with Gasteiger partial charge in [0.15, 0.2) is 0 Å². The zero-order valence-electron chi connectivity index (χ0n) is 8.67. The number of likely N-dealkylation sites (N-methyl/N-ethyl adjacent to an activating group) is 2. The molecule has 1 fully saturated rings. The highest BCUT2D eigenvalue weighted by atomic mass is 15.3. The van der Waals surface area contributed by atoms with Crippen LogP contribution in [-0.4, -0.2) is 57.1 Å². The highest BCUT2D eigenvalue weighted by molar-refractivity contribution is 6.58. The van der Waals surface area contributed by atoms with Crippen LogP contribution in [0.4, 0.5) is 0 Å². The molecule has 1 aliphatic rings. The van der Waals surface area contributed by atoms with Gasteiger partial charge in [-0.3, -0.25) is 0 Å². The lowest BCUT2D eigenvalue weighted by Crippen LogP contribution is -2.50. The average molecular weight is 167 g/mol. The van der Waals surface area contributed by atoms with Crippen LogP contribution in [0.15, 0.2) is 0 Å². The van der Waals surface area contributed by atoms with Gasteiger partial charge in [0.2, 0.25) is 6.85 Å². The lowest BCUT2D eigenvalue weighted by molar-refractivity contribution is 0.553. The minimum atomic E-state index is 0.590. The summed E-state index contributed by atoms with van der Waals surface area (Å²) in [5.41, 5.74) is 0. The third-order valence-corrected chi connectivity index (χ3v) is 2.53. The molecule has 0 aromatic heterocycles. The first-order chi connectivity index (χ1) is 5.61. The summed E-state index contributed by atoms with van der Waals surface area (Å²) in [6.45, 7) is 7.95. The summed E-state index contributed by atoms with van der Waals surface area (Å²) in [7, 11) is 4.38. The Morgan fingerprint density at radius 2 is 1.75 bits per heavy atom. The monoisotopic (exact) mass is 167 g/mol. The predicted octanol–water partition coefficient (Wildman–Crippen LogP) is -0.268. The van der Waals surface area contributed by atoms with Crippen molar-refractivity contribution in [2.24, 2.45) is 0 Å². The van der Waals surface area contributed by atoms with E-state index in [1.807, 2.05) is 0 Å². The van der Waals surface area contributed by atoms with Crippen molar-refractivity contribution in [3.05, 3.63) is 0 Å². The molecule has 5 heteroatoms. The predicted molar refractivity (Wildman–Crippen MR) is 56.5 cm³/mol. The number of rotatable bonds is 3. The van der Waals surface area contributed by atoms with Gasteiger partial charge in [0, 0.05) is 13.1 Å². The Hall–Kier alpha value is 0.00987. The van der Waals surface area contributed by atoms with Crippen LogP contribution in [0.5, 0.6) is 0 Å². The Labute approximate surface area is 76.7 Å². The lowest BCUT2D eigenvalue weighted by atomic mass is 9.64. The first kappa shape index (κ1) is 10.1. The maximum atomic E-state index is 3.46. The van der Waals surface area contributed by atoms with E-state index in [9.17, 15) is 0 Å². The van der Waals surface area contributed by atoms with E-state index in [-0.39, 0.29) is 0 Å². The Morgan fingerprint density at radius 1 is 1.25 bits per heavy atom. The van der Waals surface area contributed by atoms with Gasteiger partial charge in [-0.15, -0.1) is 0 Å². The molecule has 1 N–H and O–H groups in total. The van der Waals surface area contributed by atoms with Crippen molar-refractivity contribution in [2.45, 2.75) is 13.6 Å². The smallest absolute Gasteiger partial charge is 0.323 e. The Bertz CT molecular complexity index is 133. The van der Waals surface area contributed by atoms with E-state index >= 15 is 0 Å². The first-order valence-corrected chi connectivity index (χ1v) is 4.75. The van der Waals surface area contributed by atoms with Crippen molar-refractivity contribution in [3.63, 3.8) is 0 Å². The summed E-state index contributed by atoms with van der Waals surface area (Å²) in [5.74, 6) is 0. The summed E-state index contributed by atoms with van der Waals surface area (Å²) >= 11 is 0. The van der Waals surface area contributed by atoms with Crippen LogP contribution in [0.25, 0.3) is 0 Å². The van der Waals surface area contributed by atoms with E-state index in [0.717, 1.165) is 6.44 Å². The summed E-state index contributed by atoms with van der Waals surface area (Å²) in [5, 5.41) is 3.46. The fraction of sp³-hybridized carbons (Fsp3) is 1.00. The number of nitrogens with zero attached hydrogens (tertiary/aromatic N) is 2. The highest BCUT2D eigenvalue weighted by Gasteiger charge is 2.30. The highest BCUT2D eigenvalue weighted by Crippen LogP contribution is 2.04. The SMILES string of the molecule is CB(C)NCB1N(C)CCN1C. The van der Waals surface area contributed by atoms with Gasteiger partial charge < -0.3 is 14.8 Å². The molecule has 0 atom stereocenters. The molecule has 1 saturated heterocycles. The van der Waals surface area contributed by atoms with Crippen LogP contribution < -0.4 is 5.23 Å². The van der Waals surface area contributed by atoms with Crippen molar-refractivity contribution in [1.29, 1.82) is 0 Å². The molecule has 1 heterocycles. The molecule has 1 rings (SSSR count). The Morgan fingerprint density at radius 3 is 2.17 bits per heavy atom. The lowest BCUT2D eigenvalue weighted by Gasteiger charge is -2.21. The van der Waals surface area contributed by atoms with Gasteiger partial charge in [0.05, 0.1) is 0 Å². The molecule has 0 spiro atoms. The van der Waals surface area contributed by atoms with Crippen molar-refractivity contribution in [2.75, 3.05) is 33.6 Å². The van der Waals surface area contributed by atoms with Gasteiger partial charge in [-0.2, -0.15) is 0 Å². The summed E-state index contributed by atoms with van der Waals surface area (Å²) < 4.78 is 0. The van der Waals surface area contributed by atoms with Gasteiger partial charge in [0.1, 0.15) is 0 Å². The molecular formula is C7H19B2N3. The topological polar surface area (TPSA) is 18.5 Å². The fourth-order valence-electron chi connectivity index (χ4n) is 1.60. The summed E-state index contributed by atoms with van der Waals surface area (Å²) in [4.78, 5) is 4.80.